The standard InChI is InChI=1S/C17H20FNO/c1-11-5-8-16(18)15(9-11)17(19-3)14-7-6-13(20-4)10-12(14)2/h5-10,17,19H,1-4H3. The Labute approximate surface area is 119 Å². The zero-order chi connectivity index (χ0) is 14.7. The largest absolute Gasteiger partial charge is 0.497 e. The minimum atomic E-state index is -0.190. The van der Waals surface area contributed by atoms with E-state index in [1.807, 2.05) is 45.2 Å². The van der Waals surface area contributed by atoms with Crippen LogP contribution in [-0.4, -0.2) is 14.2 Å². The second-order valence-electron chi connectivity index (χ2n) is 4.97. The van der Waals surface area contributed by atoms with Crippen molar-refractivity contribution in [1.29, 1.82) is 0 Å². The van der Waals surface area contributed by atoms with E-state index < -0.39 is 0 Å². The molecule has 0 radical (unpaired) electrons. The van der Waals surface area contributed by atoms with Gasteiger partial charge in [-0.3, -0.25) is 0 Å². The number of nitrogens with one attached hydrogen (secondary N) is 1. The van der Waals surface area contributed by atoms with Gasteiger partial charge in [-0.1, -0.05) is 23.8 Å². The lowest BCUT2D eigenvalue weighted by molar-refractivity contribution is 0.414. The Hall–Kier alpha value is -1.87. The third-order valence-corrected chi connectivity index (χ3v) is 3.54. The van der Waals surface area contributed by atoms with Crippen molar-refractivity contribution < 1.29 is 9.13 Å². The van der Waals surface area contributed by atoms with Crippen molar-refractivity contribution in [2.75, 3.05) is 14.2 Å². The maximum absolute atomic E-state index is 14.1. The zero-order valence-corrected chi connectivity index (χ0v) is 12.3. The number of hydrogen-bond acceptors (Lipinski definition) is 2. The van der Waals surface area contributed by atoms with Crippen LogP contribution in [0.1, 0.15) is 28.3 Å². The SMILES string of the molecule is CNC(c1ccc(OC)cc1C)c1cc(C)ccc1F. The smallest absolute Gasteiger partial charge is 0.128 e. The van der Waals surface area contributed by atoms with E-state index in [1.54, 1.807) is 13.2 Å². The molecule has 0 aromatic heterocycles. The Morgan fingerprint density at radius 1 is 1.05 bits per heavy atom. The summed E-state index contributed by atoms with van der Waals surface area (Å²) < 4.78 is 19.3. The van der Waals surface area contributed by atoms with E-state index in [9.17, 15) is 4.39 Å². The lowest BCUT2D eigenvalue weighted by Crippen LogP contribution is -2.20. The highest BCUT2D eigenvalue weighted by Gasteiger charge is 2.18. The summed E-state index contributed by atoms with van der Waals surface area (Å²) >= 11 is 0. The molecule has 3 heteroatoms. The Morgan fingerprint density at radius 2 is 1.80 bits per heavy atom. The van der Waals surface area contributed by atoms with E-state index in [4.69, 9.17) is 4.74 Å². The average Bonchev–Trinajstić information content (AvgIpc) is 2.44. The highest BCUT2D eigenvalue weighted by atomic mass is 19.1. The van der Waals surface area contributed by atoms with Crippen molar-refractivity contribution in [3.8, 4) is 5.75 Å². The van der Waals surface area contributed by atoms with Gasteiger partial charge in [-0.25, -0.2) is 4.39 Å². The summed E-state index contributed by atoms with van der Waals surface area (Å²) in [5.74, 6) is 0.621. The molecule has 0 saturated carbocycles. The van der Waals surface area contributed by atoms with Crippen LogP contribution in [0.15, 0.2) is 36.4 Å². The first-order valence-corrected chi connectivity index (χ1v) is 6.64. The normalized spacial score (nSPS) is 12.2. The lowest BCUT2D eigenvalue weighted by Gasteiger charge is -2.21. The van der Waals surface area contributed by atoms with E-state index in [2.05, 4.69) is 5.32 Å². The van der Waals surface area contributed by atoms with Crippen LogP contribution in [0.2, 0.25) is 0 Å². The van der Waals surface area contributed by atoms with Gasteiger partial charge in [0.2, 0.25) is 0 Å². The molecule has 0 amide bonds. The van der Waals surface area contributed by atoms with Crippen LogP contribution in [0.5, 0.6) is 5.75 Å². The van der Waals surface area contributed by atoms with Crippen LogP contribution >= 0.6 is 0 Å². The maximum atomic E-state index is 14.1. The van der Waals surface area contributed by atoms with Crippen LogP contribution in [0, 0.1) is 19.7 Å². The fraction of sp³-hybridized carbons (Fsp3) is 0.294. The first-order valence-electron chi connectivity index (χ1n) is 6.64. The molecule has 0 saturated heterocycles. The molecule has 0 heterocycles. The highest BCUT2D eigenvalue weighted by molar-refractivity contribution is 5.42. The van der Waals surface area contributed by atoms with Crippen LogP contribution in [0.25, 0.3) is 0 Å². The molecule has 0 spiro atoms. The summed E-state index contributed by atoms with van der Waals surface area (Å²) in [6.07, 6.45) is 0. The van der Waals surface area contributed by atoms with Gasteiger partial charge in [-0.2, -0.15) is 0 Å². The molecule has 2 aromatic rings. The average molecular weight is 273 g/mol. The molecule has 2 nitrogen and oxygen atoms in total. The van der Waals surface area contributed by atoms with Crippen LogP contribution in [0.4, 0.5) is 4.39 Å². The van der Waals surface area contributed by atoms with Crippen molar-refractivity contribution in [2.45, 2.75) is 19.9 Å². The first kappa shape index (κ1) is 14.5. The van der Waals surface area contributed by atoms with Gasteiger partial charge in [0.1, 0.15) is 11.6 Å². The van der Waals surface area contributed by atoms with Crippen molar-refractivity contribution in [1.82, 2.24) is 5.32 Å². The Bertz CT molecular complexity index is 610. The number of methoxy groups -OCH3 is 1. The fourth-order valence-electron chi connectivity index (χ4n) is 2.46. The molecule has 2 aromatic carbocycles. The zero-order valence-electron chi connectivity index (χ0n) is 12.3. The molecule has 20 heavy (non-hydrogen) atoms. The molecule has 0 aliphatic heterocycles. The predicted molar refractivity (Wildman–Crippen MR) is 79.8 cm³/mol. The summed E-state index contributed by atoms with van der Waals surface area (Å²) in [4.78, 5) is 0. The van der Waals surface area contributed by atoms with Crippen molar-refractivity contribution in [2.24, 2.45) is 0 Å². The molecule has 1 unspecified atom stereocenters. The Balaban J connectivity index is 2.49. The molecule has 1 N–H and O–H groups in total. The fourth-order valence-corrected chi connectivity index (χ4v) is 2.46. The molecule has 0 aliphatic carbocycles. The first-order chi connectivity index (χ1) is 9.56. The van der Waals surface area contributed by atoms with E-state index in [0.29, 0.717) is 5.56 Å². The second-order valence-corrected chi connectivity index (χ2v) is 4.97. The molecule has 0 bridgehead atoms. The van der Waals surface area contributed by atoms with Crippen molar-refractivity contribution >= 4 is 0 Å². The van der Waals surface area contributed by atoms with Gasteiger partial charge in [0.05, 0.1) is 13.2 Å². The van der Waals surface area contributed by atoms with Crippen LogP contribution in [-0.2, 0) is 0 Å². The van der Waals surface area contributed by atoms with E-state index >= 15 is 0 Å². The van der Waals surface area contributed by atoms with Gasteiger partial charge >= 0.3 is 0 Å². The minimum Gasteiger partial charge on any atom is -0.497 e. The van der Waals surface area contributed by atoms with Gasteiger partial charge < -0.3 is 10.1 Å². The number of halogens is 1. The summed E-state index contributed by atoms with van der Waals surface area (Å²) in [5.41, 5.74) is 3.84. The third-order valence-electron chi connectivity index (χ3n) is 3.54. The summed E-state index contributed by atoms with van der Waals surface area (Å²) in [6.45, 7) is 3.98. The van der Waals surface area contributed by atoms with Gasteiger partial charge in [-0.05, 0) is 50.2 Å². The van der Waals surface area contributed by atoms with Crippen molar-refractivity contribution in [3.63, 3.8) is 0 Å². The van der Waals surface area contributed by atoms with Gasteiger partial charge in [0, 0.05) is 5.56 Å². The number of rotatable bonds is 4. The van der Waals surface area contributed by atoms with Crippen LogP contribution in [0.3, 0.4) is 0 Å². The molecule has 1 atom stereocenters. The van der Waals surface area contributed by atoms with Gasteiger partial charge in [-0.15, -0.1) is 0 Å². The number of aryl methyl sites for hydroxylation is 2. The monoisotopic (exact) mass is 273 g/mol. The molecular weight excluding hydrogens is 253 g/mol. The predicted octanol–water partition coefficient (Wildman–Crippen LogP) is 3.76. The maximum Gasteiger partial charge on any atom is 0.128 e. The summed E-state index contributed by atoms with van der Waals surface area (Å²) in [6, 6.07) is 10.9. The van der Waals surface area contributed by atoms with E-state index in [-0.39, 0.29) is 11.9 Å². The lowest BCUT2D eigenvalue weighted by atomic mass is 9.93. The van der Waals surface area contributed by atoms with E-state index in [1.165, 1.54) is 6.07 Å². The number of hydrogen-bond donors (Lipinski definition) is 1. The van der Waals surface area contributed by atoms with Crippen LogP contribution < -0.4 is 10.1 Å². The molecular formula is C17H20FNO. The summed E-state index contributed by atoms with van der Waals surface area (Å²) in [5, 5.41) is 3.20. The number of benzene rings is 2. The highest BCUT2D eigenvalue weighted by Crippen LogP contribution is 2.29. The Morgan fingerprint density at radius 3 is 2.40 bits per heavy atom. The Kier molecular flexibility index (Phi) is 4.40. The summed E-state index contributed by atoms with van der Waals surface area (Å²) in [7, 11) is 3.49. The third kappa shape index (κ3) is 2.83. The number of ether oxygens (including phenoxy) is 1. The van der Waals surface area contributed by atoms with Gasteiger partial charge in [0.25, 0.3) is 0 Å². The topological polar surface area (TPSA) is 21.3 Å². The van der Waals surface area contributed by atoms with Gasteiger partial charge in [0.15, 0.2) is 0 Å². The minimum absolute atomic E-state index is 0.166. The molecule has 2 rings (SSSR count). The molecule has 0 aliphatic rings. The molecule has 0 fully saturated rings. The quantitative estimate of drug-likeness (QED) is 0.915. The molecule has 106 valence electrons. The van der Waals surface area contributed by atoms with Crippen molar-refractivity contribution in [3.05, 3.63) is 64.5 Å². The second kappa shape index (κ2) is 6.06. The van der Waals surface area contributed by atoms with E-state index in [0.717, 1.165) is 22.4 Å².